The van der Waals surface area contributed by atoms with E-state index in [1.54, 1.807) is 0 Å². The van der Waals surface area contributed by atoms with E-state index in [0.29, 0.717) is 0 Å². The SMILES string of the molecule is C=Cc1ccccc1.O=C(O)C(=O)O. The first-order chi connectivity index (χ1) is 6.57. The summed E-state index contributed by atoms with van der Waals surface area (Å²) in [6, 6.07) is 10.0. The fourth-order valence-corrected chi connectivity index (χ4v) is 0.589. The maximum atomic E-state index is 9.10. The molecule has 0 amide bonds. The van der Waals surface area contributed by atoms with E-state index >= 15 is 0 Å². The Labute approximate surface area is 81.1 Å². The molecule has 0 aliphatic heterocycles. The minimum Gasteiger partial charge on any atom is -0.473 e. The summed E-state index contributed by atoms with van der Waals surface area (Å²) in [7, 11) is 0. The van der Waals surface area contributed by atoms with Crippen LogP contribution in [0, 0.1) is 0 Å². The van der Waals surface area contributed by atoms with E-state index in [4.69, 9.17) is 19.8 Å². The van der Waals surface area contributed by atoms with Crippen LogP contribution >= 0.6 is 0 Å². The summed E-state index contributed by atoms with van der Waals surface area (Å²) in [6.45, 7) is 3.63. The maximum Gasteiger partial charge on any atom is 0.414 e. The molecule has 0 saturated carbocycles. The Kier molecular flexibility index (Phi) is 5.46. The lowest BCUT2D eigenvalue weighted by molar-refractivity contribution is -0.159. The molecule has 0 aliphatic rings. The molecule has 1 rings (SSSR count). The number of benzene rings is 1. The lowest BCUT2D eigenvalue weighted by atomic mass is 10.2. The molecule has 1 aromatic carbocycles. The van der Waals surface area contributed by atoms with Gasteiger partial charge in [0.2, 0.25) is 0 Å². The molecule has 4 heteroatoms. The van der Waals surface area contributed by atoms with Gasteiger partial charge in [-0.2, -0.15) is 0 Å². The third-order valence-electron chi connectivity index (χ3n) is 1.22. The van der Waals surface area contributed by atoms with Gasteiger partial charge in [0, 0.05) is 0 Å². The van der Waals surface area contributed by atoms with E-state index in [-0.39, 0.29) is 0 Å². The van der Waals surface area contributed by atoms with E-state index in [0.717, 1.165) is 0 Å². The summed E-state index contributed by atoms with van der Waals surface area (Å²) in [4.78, 5) is 18.2. The van der Waals surface area contributed by atoms with Crippen LogP contribution in [0.1, 0.15) is 5.56 Å². The molecule has 0 atom stereocenters. The normalized spacial score (nSPS) is 8.00. The highest BCUT2D eigenvalue weighted by atomic mass is 16.4. The van der Waals surface area contributed by atoms with Gasteiger partial charge in [0.25, 0.3) is 0 Å². The quantitative estimate of drug-likeness (QED) is 0.664. The van der Waals surface area contributed by atoms with Gasteiger partial charge in [-0.1, -0.05) is 43.0 Å². The summed E-state index contributed by atoms with van der Waals surface area (Å²) in [6.07, 6.45) is 1.83. The molecule has 0 heterocycles. The third kappa shape index (κ3) is 5.54. The number of carboxylic acid groups (broad SMARTS) is 2. The molecular formula is C10H10O4. The second-order valence-electron chi connectivity index (χ2n) is 2.23. The van der Waals surface area contributed by atoms with Gasteiger partial charge in [0.1, 0.15) is 0 Å². The van der Waals surface area contributed by atoms with Gasteiger partial charge < -0.3 is 10.2 Å². The third-order valence-corrected chi connectivity index (χ3v) is 1.22. The monoisotopic (exact) mass is 194 g/mol. The van der Waals surface area contributed by atoms with Gasteiger partial charge in [-0.25, -0.2) is 9.59 Å². The molecule has 14 heavy (non-hydrogen) atoms. The molecule has 0 radical (unpaired) electrons. The van der Waals surface area contributed by atoms with Gasteiger partial charge in [0.15, 0.2) is 0 Å². The van der Waals surface area contributed by atoms with Gasteiger partial charge in [0.05, 0.1) is 0 Å². The van der Waals surface area contributed by atoms with Crippen LogP contribution < -0.4 is 0 Å². The predicted molar refractivity (Wildman–Crippen MR) is 51.8 cm³/mol. The Morgan fingerprint density at radius 1 is 1.07 bits per heavy atom. The van der Waals surface area contributed by atoms with E-state index < -0.39 is 11.9 Å². The molecule has 0 bridgehead atoms. The molecule has 0 saturated heterocycles. The van der Waals surface area contributed by atoms with Crippen LogP contribution in [0.25, 0.3) is 6.08 Å². The summed E-state index contributed by atoms with van der Waals surface area (Å²) < 4.78 is 0. The Morgan fingerprint density at radius 3 is 1.71 bits per heavy atom. The number of hydrogen-bond acceptors (Lipinski definition) is 2. The van der Waals surface area contributed by atoms with Crippen molar-refractivity contribution in [3.8, 4) is 0 Å². The van der Waals surface area contributed by atoms with Crippen molar-refractivity contribution < 1.29 is 19.8 Å². The van der Waals surface area contributed by atoms with Crippen molar-refractivity contribution >= 4 is 18.0 Å². The van der Waals surface area contributed by atoms with Crippen molar-refractivity contribution in [3.63, 3.8) is 0 Å². The minimum absolute atomic E-state index is 1.17. The highest BCUT2D eigenvalue weighted by Gasteiger charge is 2.04. The number of carbonyl (C=O) groups is 2. The van der Waals surface area contributed by atoms with Crippen molar-refractivity contribution in [3.05, 3.63) is 42.5 Å². The van der Waals surface area contributed by atoms with Crippen LogP contribution in [-0.4, -0.2) is 22.2 Å². The van der Waals surface area contributed by atoms with Gasteiger partial charge in [-0.3, -0.25) is 0 Å². The molecular weight excluding hydrogens is 184 g/mol. The average Bonchev–Trinajstić information content (AvgIpc) is 2.20. The predicted octanol–water partition coefficient (Wildman–Crippen LogP) is 1.49. The first-order valence-corrected chi connectivity index (χ1v) is 3.71. The minimum atomic E-state index is -1.82. The van der Waals surface area contributed by atoms with Crippen LogP contribution in [0.3, 0.4) is 0 Å². The Morgan fingerprint density at radius 2 is 1.50 bits per heavy atom. The maximum absolute atomic E-state index is 9.10. The van der Waals surface area contributed by atoms with Crippen LogP contribution in [-0.2, 0) is 9.59 Å². The molecule has 2 N–H and O–H groups in total. The largest absolute Gasteiger partial charge is 0.473 e. The molecule has 0 fully saturated rings. The summed E-state index contributed by atoms with van der Waals surface area (Å²) >= 11 is 0. The lowest BCUT2D eigenvalue weighted by Crippen LogP contribution is -2.09. The number of carboxylic acids is 2. The first-order valence-electron chi connectivity index (χ1n) is 3.71. The molecule has 0 unspecified atom stereocenters. The Hall–Kier alpha value is -2.10. The van der Waals surface area contributed by atoms with Crippen LogP contribution in [0.5, 0.6) is 0 Å². The molecule has 1 aromatic rings. The van der Waals surface area contributed by atoms with E-state index in [2.05, 4.69) is 6.58 Å². The zero-order valence-electron chi connectivity index (χ0n) is 7.38. The van der Waals surface area contributed by atoms with Gasteiger partial charge >= 0.3 is 11.9 Å². The standard InChI is InChI=1S/C8H8.C2H2O4/c1-2-8-6-4-3-5-7-8;3-1(4)2(5)6/h2-7H,1H2;(H,3,4)(H,5,6). The highest BCUT2D eigenvalue weighted by molar-refractivity contribution is 6.27. The summed E-state index contributed by atoms with van der Waals surface area (Å²) in [5.74, 6) is -3.65. The molecule has 0 spiro atoms. The van der Waals surface area contributed by atoms with Crippen molar-refractivity contribution in [1.82, 2.24) is 0 Å². The van der Waals surface area contributed by atoms with Crippen molar-refractivity contribution in [2.45, 2.75) is 0 Å². The number of aliphatic carboxylic acids is 2. The fourth-order valence-electron chi connectivity index (χ4n) is 0.589. The van der Waals surface area contributed by atoms with Crippen molar-refractivity contribution in [2.75, 3.05) is 0 Å². The van der Waals surface area contributed by atoms with Gasteiger partial charge in [-0.05, 0) is 5.56 Å². The summed E-state index contributed by atoms with van der Waals surface area (Å²) in [5.41, 5.74) is 1.17. The lowest BCUT2D eigenvalue weighted by Gasteiger charge is -1.85. The Bertz CT molecular complexity index is 304. The average molecular weight is 194 g/mol. The first kappa shape index (κ1) is 11.9. The van der Waals surface area contributed by atoms with Crippen LogP contribution in [0.4, 0.5) is 0 Å². The topological polar surface area (TPSA) is 74.6 Å². The second kappa shape index (κ2) is 6.42. The smallest absolute Gasteiger partial charge is 0.414 e. The molecule has 4 nitrogen and oxygen atoms in total. The molecule has 0 aromatic heterocycles. The molecule has 0 aliphatic carbocycles. The van der Waals surface area contributed by atoms with E-state index in [9.17, 15) is 0 Å². The van der Waals surface area contributed by atoms with Crippen LogP contribution in [0.2, 0.25) is 0 Å². The number of rotatable bonds is 1. The highest BCUT2D eigenvalue weighted by Crippen LogP contribution is 1.97. The zero-order valence-corrected chi connectivity index (χ0v) is 7.38. The fraction of sp³-hybridized carbons (Fsp3) is 0. The summed E-state index contributed by atoms with van der Waals surface area (Å²) in [5, 5.41) is 14.8. The molecule has 74 valence electrons. The zero-order chi connectivity index (χ0) is 11.0. The van der Waals surface area contributed by atoms with Gasteiger partial charge in [-0.15, -0.1) is 0 Å². The van der Waals surface area contributed by atoms with Crippen molar-refractivity contribution in [1.29, 1.82) is 0 Å². The number of hydrogen-bond donors (Lipinski definition) is 2. The Balaban J connectivity index is 0.000000255. The second-order valence-corrected chi connectivity index (χ2v) is 2.23. The van der Waals surface area contributed by atoms with Crippen molar-refractivity contribution in [2.24, 2.45) is 0 Å². The van der Waals surface area contributed by atoms with Crippen LogP contribution in [0.15, 0.2) is 36.9 Å². The van der Waals surface area contributed by atoms with E-state index in [1.807, 2.05) is 36.4 Å². The van der Waals surface area contributed by atoms with E-state index in [1.165, 1.54) is 5.56 Å².